The summed E-state index contributed by atoms with van der Waals surface area (Å²) in [6.45, 7) is 15.5. The molecule has 6 nitrogen and oxygen atoms in total. The topological polar surface area (TPSA) is 53.8 Å². The first-order valence-corrected chi connectivity index (χ1v) is 9.28. The van der Waals surface area contributed by atoms with Crippen LogP contribution in [0.2, 0.25) is 0 Å². The van der Waals surface area contributed by atoms with Gasteiger partial charge in [-0.25, -0.2) is 0 Å². The van der Waals surface area contributed by atoms with Gasteiger partial charge in [0.05, 0.1) is 18.9 Å². The highest BCUT2D eigenvalue weighted by Gasteiger charge is 2.34. The van der Waals surface area contributed by atoms with Crippen LogP contribution >= 0.6 is 0 Å². The van der Waals surface area contributed by atoms with Crippen molar-refractivity contribution in [2.75, 3.05) is 52.5 Å². The Balaban J connectivity index is 1.62. The molecule has 3 heterocycles. The van der Waals surface area contributed by atoms with Crippen molar-refractivity contribution in [2.24, 2.45) is 11.8 Å². The molecule has 6 heteroatoms. The predicted octanol–water partition coefficient (Wildman–Crippen LogP) is 0.892. The molecule has 3 rings (SSSR count). The Morgan fingerprint density at radius 1 is 1.12 bits per heavy atom. The van der Waals surface area contributed by atoms with Gasteiger partial charge in [0.15, 0.2) is 0 Å². The number of ether oxygens (including phenoxy) is 1. The van der Waals surface area contributed by atoms with E-state index in [-0.39, 0.29) is 6.61 Å². The van der Waals surface area contributed by atoms with Crippen molar-refractivity contribution in [1.29, 1.82) is 0 Å². The zero-order valence-electron chi connectivity index (χ0n) is 15.4. The average molecular weight is 336 g/mol. The van der Waals surface area contributed by atoms with Crippen molar-refractivity contribution in [1.82, 2.24) is 19.6 Å². The van der Waals surface area contributed by atoms with Crippen LogP contribution in [0.25, 0.3) is 0 Å². The molecule has 2 atom stereocenters. The van der Waals surface area contributed by atoms with Crippen molar-refractivity contribution in [3.63, 3.8) is 0 Å². The van der Waals surface area contributed by atoms with Gasteiger partial charge in [0, 0.05) is 63.7 Å². The normalized spacial score (nSPS) is 26.3. The first kappa shape index (κ1) is 17.9. The lowest BCUT2D eigenvalue weighted by Gasteiger charge is -2.30. The molecule has 136 valence electrons. The van der Waals surface area contributed by atoms with Crippen LogP contribution < -0.4 is 0 Å². The Hall–Kier alpha value is -0.950. The van der Waals surface area contributed by atoms with E-state index in [0.717, 1.165) is 64.7 Å². The third-order valence-electron chi connectivity index (χ3n) is 5.70. The van der Waals surface area contributed by atoms with Crippen LogP contribution in [0.1, 0.15) is 23.9 Å². The number of aromatic nitrogens is 2. The van der Waals surface area contributed by atoms with Crippen molar-refractivity contribution in [3.05, 3.63) is 17.0 Å². The summed E-state index contributed by atoms with van der Waals surface area (Å²) in [5, 5.41) is 14.5. The van der Waals surface area contributed by atoms with Gasteiger partial charge in [-0.05, 0) is 32.6 Å². The Morgan fingerprint density at radius 3 is 2.46 bits per heavy atom. The third kappa shape index (κ3) is 3.82. The second kappa shape index (κ2) is 7.95. The van der Waals surface area contributed by atoms with Crippen LogP contribution in [0.15, 0.2) is 0 Å². The Bertz CT molecular complexity index is 539. The maximum absolute atomic E-state index is 9.81. The molecule has 1 aromatic heterocycles. The lowest BCUT2D eigenvalue weighted by Crippen LogP contribution is -2.41. The van der Waals surface area contributed by atoms with Gasteiger partial charge in [0.25, 0.3) is 0 Å². The van der Waals surface area contributed by atoms with Gasteiger partial charge in [0.1, 0.15) is 0 Å². The van der Waals surface area contributed by atoms with E-state index < -0.39 is 0 Å². The zero-order valence-corrected chi connectivity index (χ0v) is 15.4. The van der Waals surface area contributed by atoms with E-state index in [4.69, 9.17) is 4.74 Å². The molecule has 2 aliphatic heterocycles. The molecule has 0 aromatic carbocycles. The average Bonchev–Trinajstić information content (AvgIpc) is 3.10. The monoisotopic (exact) mass is 336 g/mol. The van der Waals surface area contributed by atoms with E-state index in [9.17, 15) is 5.11 Å². The van der Waals surface area contributed by atoms with Gasteiger partial charge < -0.3 is 9.84 Å². The molecule has 1 aromatic rings. The molecule has 0 bridgehead atoms. The van der Waals surface area contributed by atoms with Crippen LogP contribution in [-0.2, 0) is 17.8 Å². The predicted molar refractivity (Wildman–Crippen MR) is 94.0 cm³/mol. The molecule has 2 saturated heterocycles. The van der Waals surface area contributed by atoms with Crippen molar-refractivity contribution in [3.8, 4) is 0 Å². The van der Waals surface area contributed by atoms with Crippen LogP contribution in [0, 0.1) is 25.7 Å². The zero-order chi connectivity index (χ0) is 17.1. The Morgan fingerprint density at radius 2 is 1.83 bits per heavy atom. The standard InChI is InChI=1S/C18H32N4O2/c1-4-22-15(3)18(14(2)19-22)12-21-10-16(17(11-21)13-23)9-20-5-7-24-8-6-20/h16-17,23H,4-13H2,1-3H3/t16-,17-/m1/s1. The quantitative estimate of drug-likeness (QED) is 0.836. The molecule has 0 amide bonds. The molecule has 0 unspecified atom stereocenters. The minimum atomic E-state index is 0.289. The highest BCUT2D eigenvalue weighted by molar-refractivity contribution is 5.24. The number of hydrogen-bond acceptors (Lipinski definition) is 5. The molecule has 0 saturated carbocycles. The van der Waals surface area contributed by atoms with Crippen LogP contribution in [0.5, 0.6) is 0 Å². The summed E-state index contributed by atoms with van der Waals surface area (Å²) < 4.78 is 7.54. The molecule has 2 fully saturated rings. The van der Waals surface area contributed by atoms with E-state index in [1.165, 1.54) is 11.3 Å². The highest BCUT2D eigenvalue weighted by Crippen LogP contribution is 2.27. The van der Waals surface area contributed by atoms with E-state index in [0.29, 0.717) is 11.8 Å². The molecule has 0 radical (unpaired) electrons. The van der Waals surface area contributed by atoms with Gasteiger partial charge in [-0.15, -0.1) is 0 Å². The lowest BCUT2D eigenvalue weighted by atomic mass is 9.96. The fourth-order valence-electron chi connectivity index (χ4n) is 4.19. The number of likely N-dealkylation sites (tertiary alicyclic amines) is 1. The number of hydrogen-bond donors (Lipinski definition) is 1. The molecule has 0 aliphatic carbocycles. The van der Waals surface area contributed by atoms with E-state index in [1.54, 1.807) is 0 Å². The molecule has 0 spiro atoms. The number of nitrogens with zero attached hydrogens (tertiary/aromatic N) is 4. The summed E-state index contributed by atoms with van der Waals surface area (Å²) in [5.41, 5.74) is 3.79. The first-order valence-electron chi connectivity index (χ1n) is 9.28. The van der Waals surface area contributed by atoms with Crippen molar-refractivity contribution < 1.29 is 9.84 Å². The van der Waals surface area contributed by atoms with Gasteiger partial charge >= 0.3 is 0 Å². The van der Waals surface area contributed by atoms with E-state index >= 15 is 0 Å². The minimum Gasteiger partial charge on any atom is -0.396 e. The fraction of sp³-hybridized carbons (Fsp3) is 0.833. The summed E-state index contributed by atoms with van der Waals surface area (Å²) in [5.74, 6) is 0.935. The van der Waals surface area contributed by atoms with Gasteiger partial charge in [0.2, 0.25) is 0 Å². The van der Waals surface area contributed by atoms with Crippen molar-refractivity contribution >= 4 is 0 Å². The molecule has 1 N–H and O–H groups in total. The number of aryl methyl sites for hydroxylation is 2. The molecule has 2 aliphatic rings. The van der Waals surface area contributed by atoms with Gasteiger partial charge in [-0.2, -0.15) is 5.10 Å². The Labute approximate surface area is 145 Å². The summed E-state index contributed by atoms with van der Waals surface area (Å²) in [6.07, 6.45) is 0. The number of rotatable bonds is 6. The summed E-state index contributed by atoms with van der Waals surface area (Å²) in [4.78, 5) is 4.99. The Kier molecular flexibility index (Phi) is 5.92. The largest absolute Gasteiger partial charge is 0.396 e. The summed E-state index contributed by atoms with van der Waals surface area (Å²) in [7, 11) is 0. The maximum atomic E-state index is 9.81. The van der Waals surface area contributed by atoms with Gasteiger partial charge in [-0.3, -0.25) is 14.5 Å². The summed E-state index contributed by atoms with van der Waals surface area (Å²) >= 11 is 0. The van der Waals surface area contributed by atoms with E-state index in [2.05, 4.69) is 40.4 Å². The minimum absolute atomic E-state index is 0.289. The maximum Gasteiger partial charge on any atom is 0.0641 e. The number of aliphatic hydroxyl groups excluding tert-OH is 1. The van der Waals surface area contributed by atoms with Crippen LogP contribution in [0.3, 0.4) is 0 Å². The second-order valence-corrected chi connectivity index (χ2v) is 7.27. The van der Waals surface area contributed by atoms with Gasteiger partial charge in [-0.1, -0.05) is 0 Å². The number of aliphatic hydroxyl groups is 1. The molecule has 24 heavy (non-hydrogen) atoms. The fourth-order valence-corrected chi connectivity index (χ4v) is 4.19. The number of morpholine rings is 1. The highest BCUT2D eigenvalue weighted by atomic mass is 16.5. The molecular formula is C18H32N4O2. The third-order valence-corrected chi connectivity index (χ3v) is 5.70. The smallest absolute Gasteiger partial charge is 0.0641 e. The SMILES string of the molecule is CCn1nc(C)c(CN2C[C@@H](CN3CCOCC3)[C@@H](CO)C2)c1C. The van der Waals surface area contributed by atoms with E-state index in [1.807, 2.05) is 0 Å². The molecular weight excluding hydrogens is 304 g/mol. The lowest BCUT2D eigenvalue weighted by molar-refractivity contribution is 0.0264. The first-order chi connectivity index (χ1) is 11.6. The van der Waals surface area contributed by atoms with Crippen LogP contribution in [0.4, 0.5) is 0 Å². The van der Waals surface area contributed by atoms with Crippen molar-refractivity contribution in [2.45, 2.75) is 33.9 Å². The second-order valence-electron chi connectivity index (χ2n) is 7.27. The van der Waals surface area contributed by atoms with Crippen LogP contribution in [-0.4, -0.2) is 77.2 Å². The summed E-state index contributed by atoms with van der Waals surface area (Å²) in [6, 6.07) is 0.